The first kappa shape index (κ1) is 14.3. The summed E-state index contributed by atoms with van der Waals surface area (Å²) in [5.74, 6) is -0.403. The largest absolute Gasteiger partial charge is 0.481 e. The molecule has 0 aromatic rings. The van der Waals surface area contributed by atoms with E-state index in [-0.39, 0.29) is 17.1 Å². The van der Waals surface area contributed by atoms with Gasteiger partial charge in [0.1, 0.15) is 0 Å². The molecule has 98 valence electrons. The lowest BCUT2D eigenvalue weighted by Crippen LogP contribution is -2.45. The van der Waals surface area contributed by atoms with Gasteiger partial charge < -0.3 is 15.7 Å². The van der Waals surface area contributed by atoms with E-state index >= 15 is 0 Å². The zero-order chi connectivity index (χ0) is 13.1. The van der Waals surface area contributed by atoms with Gasteiger partial charge in [0.05, 0.1) is 12.5 Å². The van der Waals surface area contributed by atoms with Crippen molar-refractivity contribution in [1.29, 1.82) is 0 Å². The summed E-state index contributed by atoms with van der Waals surface area (Å²) in [6.45, 7) is 5.62. The molecule has 3 N–H and O–H groups in total. The van der Waals surface area contributed by atoms with Crippen LogP contribution in [-0.2, 0) is 9.59 Å². The number of hydrogen-bond acceptors (Lipinski definition) is 4. The summed E-state index contributed by atoms with van der Waals surface area (Å²) < 4.78 is 0.173. The highest BCUT2D eigenvalue weighted by Gasteiger charge is 2.28. The Kier molecular flexibility index (Phi) is 4.82. The van der Waals surface area contributed by atoms with Gasteiger partial charge in [-0.15, -0.1) is 0 Å². The molecule has 0 aliphatic carbocycles. The highest BCUT2D eigenvalue weighted by Crippen LogP contribution is 2.30. The first-order valence-electron chi connectivity index (χ1n) is 5.72. The summed E-state index contributed by atoms with van der Waals surface area (Å²) in [7, 11) is 0. The van der Waals surface area contributed by atoms with Gasteiger partial charge in [-0.2, -0.15) is 11.8 Å². The second-order valence-corrected chi connectivity index (χ2v) is 6.69. The number of carbonyl (C=O) groups excluding carboxylic acids is 1. The van der Waals surface area contributed by atoms with E-state index in [0.29, 0.717) is 13.1 Å². The Morgan fingerprint density at radius 1 is 1.47 bits per heavy atom. The van der Waals surface area contributed by atoms with Crippen LogP contribution in [0.5, 0.6) is 0 Å². The zero-order valence-electron chi connectivity index (χ0n) is 10.3. The van der Waals surface area contributed by atoms with Crippen molar-refractivity contribution in [3.05, 3.63) is 0 Å². The van der Waals surface area contributed by atoms with Gasteiger partial charge in [-0.25, -0.2) is 0 Å². The van der Waals surface area contributed by atoms with E-state index in [1.807, 2.05) is 11.8 Å². The standard InChI is InChI=1S/C11H20N2O3S/c1-11(2)3-4-13(5-6-17-11)10(16)8(12)7-9(14)15/h8H,3-7,12H2,1-2H3,(H,14,15). The first-order chi connectivity index (χ1) is 7.82. The number of carbonyl (C=O) groups is 2. The van der Waals surface area contributed by atoms with E-state index in [1.165, 1.54) is 0 Å². The minimum absolute atomic E-state index is 0.173. The van der Waals surface area contributed by atoms with Crippen molar-refractivity contribution < 1.29 is 14.7 Å². The fourth-order valence-corrected chi connectivity index (χ4v) is 2.85. The average Bonchev–Trinajstić information content (AvgIpc) is 2.37. The van der Waals surface area contributed by atoms with Gasteiger partial charge in [0, 0.05) is 23.6 Å². The fraction of sp³-hybridized carbons (Fsp3) is 0.818. The number of hydrogen-bond donors (Lipinski definition) is 2. The molecule has 0 radical (unpaired) electrons. The molecule has 1 unspecified atom stereocenters. The van der Waals surface area contributed by atoms with Gasteiger partial charge in [0.2, 0.25) is 5.91 Å². The maximum absolute atomic E-state index is 11.9. The number of aliphatic carboxylic acids is 1. The molecule has 0 aromatic heterocycles. The first-order valence-corrected chi connectivity index (χ1v) is 6.70. The summed E-state index contributed by atoms with van der Waals surface area (Å²) in [5.41, 5.74) is 5.59. The van der Waals surface area contributed by atoms with Crippen molar-refractivity contribution in [2.75, 3.05) is 18.8 Å². The smallest absolute Gasteiger partial charge is 0.305 e. The molecular weight excluding hydrogens is 240 g/mol. The van der Waals surface area contributed by atoms with Crippen LogP contribution in [0.2, 0.25) is 0 Å². The molecule has 0 aromatic carbocycles. The van der Waals surface area contributed by atoms with Crippen molar-refractivity contribution in [2.45, 2.75) is 37.5 Å². The monoisotopic (exact) mass is 260 g/mol. The number of rotatable bonds is 3. The predicted octanol–water partition coefficient (Wildman–Crippen LogP) is 0.532. The van der Waals surface area contributed by atoms with E-state index in [2.05, 4.69) is 13.8 Å². The minimum atomic E-state index is -1.03. The van der Waals surface area contributed by atoms with E-state index in [9.17, 15) is 9.59 Å². The minimum Gasteiger partial charge on any atom is -0.481 e. The second kappa shape index (κ2) is 5.73. The van der Waals surface area contributed by atoms with Crippen LogP contribution >= 0.6 is 11.8 Å². The summed E-state index contributed by atoms with van der Waals surface area (Å²) in [5, 5.41) is 8.61. The summed E-state index contributed by atoms with van der Waals surface area (Å²) in [6.07, 6.45) is 0.606. The SMILES string of the molecule is CC1(C)CCN(C(=O)C(N)CC(=O)O)CCS1. The highest BCUT2D eigenvalue weighted by atomic mass is 32.2. The van der Waals surface area contributed by atoms with Crippen LogP contribution in [0.1, 0.15) is 26.7 Å². The van der Waals surface area contributed by atoms with Crippen molar-refractivity contribution in [1.82, 2.24) is 4.90 Å². The quantitative estimate of drug-likeness (QED) is 0.773. The maximum atomic E-state index is 11.9. The molecule has 17 heavy (non-hydrogen) atoms. The molecular formula is C11H20N2O3S. The lowest BCUT2D eigenvalue weighted by molar-refractivity contribution is -0.141. The average molecular weight is 260 g/mol. The molecule has 0 saturated carbocycles. The highest BCUT2D eigenvalue weighted by molar-refractivity contribution is 8.00. The molecule has 1 amide bonds. The van der Waals surface area contributed by atoms with E-state index in [1.54, 1.807) is 4.90 Å². The maximum Gasteiger partial charge on any atom is 0.305 e. The topological polar surface area (TPSA) is 83.6 Å². The summed E-state index contributed by atoms with van der Waals surface area (Å²) >= 11 is 1.84. The summed E-state index contributed by atoms with van der Waals surface area (Å²) in [6, 6.07) is -0.918. The van der Waals surface area contributed by atoms with Crippen LogP contribution < -0.4 is 5.73 Å². The van der Waals surface area contributed by atoms with Crippen molar-refractivity contribution in [2.24, 2.45) is 5.73 Å². The Morgan fingerprint density at radius 3 is 2.71 bits per heavy atom. The number of carboxylic acid groups (broad SMARTS) is 1. The number of nitrogens with zero attached hydrogens (tertiary/aromatic N) is 1. The van der Waals surface area contributed by atoms with Crippen LogP contribution in [0, 0.1) is 0 Å². The predicted molar refractivity (Wildman–Crippen MR) is 68.0 cm³/mol. The van der Waals surface area contributed by atoms with Crippen LogP contribution in [0.3, 0.4) is 0 Å². The van der Waals surface area contributed by atoms with Crippen LogP contribution in [-0.4, -0.2) is 51.5 Å². The van der Waals surface area contributed by atoms with Gasteiger partial charge in [-0.3, -0.25) is 9.59 Å². The lowest BCUT2D eigenvalue weighted by atomic mass is 10.1. The zero-order valence-corrected chi connectivity index (χ0v) is 11.1. The Morgan fingerprint density at radius 2 is 2.12 bits per heavy atom. The molecule has 6 heteroatoms. The second-order valence-electron chi connectivity index (χ2n) is 4.89. The molecule has 1 heterocycles. The van der Waals surface area contributed by atoms with Crippen LogP contribution in [0.25, 0.3) is 0 Å². The molecule has 1 atom stereocenters. The molecule has 1 aliphatic heterocycles. The van der Waals surface area contributed by atoms with Crippen molar-refractivity contribution >= 4 is 23.6 Å². The fourth-order valence-electron chi connectivity index (χ4n) is 1.75. The Hall–Kier alpha value is -0.750. The van der Waals surface area contributed by atoms with Crippen LogP contribution in [0.4, 0.5) is 0 Å². The van der Waals surface area contributed by atoms with E-state index in [4.69, 9.17) is 10.8 Å². The lowest BCUT2D eigenvalue weighted by Gasteiger charge is -2.24. The van der Waals surface area contributed by atoms with Gasteiger partial charge >= 0.3 is 5.97 Å². The Labute approximate surface area is 106 Å². The number of carboxylic acids is 1. The Bertz CT molecular complexity index is 307. The Balaban J connectivity index is 2.55. The van der Waals surface area contributed by atoms with Gasteiger partial charge in [0.25, 0.3) is 0 Å². The summed E-state index contributed by atoms with van der Waals surface area (Å²) in [4.78, 5) is 24.1. The van der Waals surface area contributed by atoms with Gasteiger partial charge in [-0.1, -0.05) is 13.8 Å². The third kappa shape index (κ3) is 4.55. The van der Waals surface area contributed by atoms with E-state index < -0.39 is 12.0 Å². The number of amides is 1. The normalized spacial score (nSPS) is 21.7. The van der Waals surface area contributed by atoms with Gasteiger partial charge in [0.15, 0.2) is 0 Å². The van der Waals surface area contributed by atoms with E-state index in [0.717, 1.165) is 12.2 Å². The molecule has 1 fully saturated rings. The third-order valence-corrected chi connectivity index (χ3v) is 4.23. The third-order valence-electron chi connectivity index (χ3n) is 2.86. The molecule has 0 spiro atoms. The molecule has 1 aliphatic rings. The van der Waals surface area contributed by atoms with Gasteiger partial charge in [-0.05, 0) is 6.42 Å². The number of thioether (sulfide) groups is 1. The molecule has 0 bridgehead atoms. The molecule has 1 rings (SSSR count). The van der Waals surface area contributed by atoms with Crippen molar-refractivity contribution in [3.8, 4) is 0 Å². The van der Waals surface area contributed by atoms with Crippen molar-refractivity contribution in [3.63, 3.8) is 0 Å². The molecule has 1 saturated heterocycles. The molecule has 5 nitrogen and oxygen atoms in total. The number of nitrogens with two attached hydrogens (primary N) is 1. The van der Waals surface area contributed by atoms with Crippen LogP contribution in [0.15, 0.2) is 0 Å².